The number of nitrogens with zero attached hydrogens (tertiary/aromatic N) is 1. The largest absolute Gasteiger partial charge is 0.324 e. The third-order valence-corrected chi connectivity index (χ3v) is 2.45. The second-order valence-corrected chi connectivity index (χ2v) is 4.22. The molecule has 2 amide bonds. The van der Waals surface area contributed by atoms with Gasteiger partial charge in [-0.25, -0.2) is 9.78 Å². The summed E-state index contributed by atoms with van der Waals surface area (Å²) in [6, 6.07) is 3.25. The number of amides is 2. The summed E-state index contributed by atoms with van der Waals surface area (Å²) < 4.78 is 0.875. The second-order valence-electron chi connectivity index (χ2n) is 3.30. The molecule has 5 heteroatoms. The smallest absolute Gasteiger partial charge is 0.314 e. The van der Waals surface area contributed by atoms with E-state index in [1.54, 1.807) is 18.5 Å². The van der Waals surface area contributed by atoms with E-state index in [2.05, 4.69) is 31.5 Å². The Labute approximate surface area is 103 Å². The van der Waals surface area contributed by atoms with Crippen molar-refractivity contribution in [1.29, 1.82) is 0 Å². The molecule has 1 heterocycles. The van der Waals surface area contributed by atoms with E-state index in [-0.39, 0.29) is 6.03 Å². The van der Waals surface area contributed by atoms with Gasteiger partial charge in [0.05, 0.1) is 0 Å². The van der Waals surface area contributed by atoms with Crippen molar-refractivity contribution in [2.75, 3.05) is 5.32 Å². The zero-order valence-corrected chi connectivity index (χ0v) is 10.8. The van der Waals surface area contributed by atoms with E-state index in [1.165, 1.54) is 0 Å². The Morgan fingerprint density at radius 2 is 2.31 bits per heavy atom. The van der Waals surface area contributed by atoms with Crippen LogP contribution in [-0.2, 0) is 0 Å². The summed E-state index contributed by atoms with van der Waals surface area (Å²) >= 11 is 3.27. The van der Waals surface area contributed by atoms with Gasteiger partial charge in [0.2, 0.25) is 0 Å². The predicted molar refractivity (Wildman–Crippen MR) is 68.1 cm³/mol. The molecular weight excluding hydrogens is 270 g/mol. The second kappa shape index (κ2) is 6.27. The van der Waals surface area contributed by atoms with Gasteiger partial charge in [0.1, 0.15) is 5.82 Å². The van der Waals surface area contributed by atoms with Crippen molar-refractivity contribution in [2.45, 2.75) is 20.3 Å². The normalized spacial score (nSPS) is 11.1. The Morgan fingerprint density at radius 1 is 1.56 bits per heavy atom. The molecule has 0 aromatic carbocycles. The predicted octanol–water partition coefficient (Wildman–Crippen LogP) is 3.28. The summed E-state index contributed by atoms with van der Waals surface area (Å²) in [4.78, 5) is 15.4. The van der Waals surface area contributed by atoms with E-state index in [9.17, 15) is 4.79 Å². The highest BCUT2D eigenvalue weighted by Crippen LogP contribution is 2.10. The van der Waals surface area contributed by atoms with Gasteiger partial charge in [-0.2, -0.15) is 0 Å². The molecule has 0 aliphatic heterocycles. The standard InChI is InChI=1S/C11H14BrN3O/c1-3-8(2)6-14-11(16)15-10-5-4-9(12)7-13-10/h4-7H,3H2,1-2H3,(H2,13,14,15,16)/b8-6+. The highest BCUT2D eigenvalue weighted by Gasteiger charge is 2.00. The first-order valence-electron chi connectivity index (χ1n) is 4.96. The quantitative estimate of drug-likeness (QED) is 0.895. The van der Waals surface area contributed by atoms with Gasteiger partial charge >= 0.3 is 6.03 Å². The number of carbonyl (C=O) groups excluding carboxylic acids is 1. The van der Waals surface area contributed by atoms with Crippen molar-refractivity contribution >= 4 is 27.8 Å². The van der Waals surface area contributed by atoms with Crippen LogP contribution in [0.4, 0.5) is 10.6 Å². The number of allylic oxidation sites excluding steroid dienone is 1. The molecule has 0 bridgehead atoms. The summed E-state index contributed by atoms with van der Waals surface area (Å²) in [5.41, 5.74) is 1.11. The van der Waals surface area contributed by atoms with Crippen LogP contribution in [0.15, 0.2) is 34.6 Å². The maximum absolute atomic E-state index is 11.4. The van der Waals surface area contributed by atoms with Gasteiger partial charge in [0, 0.05) is 16.9 Å². The van der Waals surface area contributed by atoms with E-state index in [0.29, 0.717) is 5.82 Å². The van der Waals surface area contributed by atoms with Gasteiger partial charge < -0.3 is 5.32 Å². The molecule has 0 saturated heterocycles. The van der Waals surface area contributed by atoms with E-state index < -0.39 is 0 Å². The molecule has 0 aliphatic carbocycles. The molecule has 1 aromatic rings. The lowest BCUT2D eigenvalue weighted by atomic mass is 10.3. The number of hydrogen-bond donors (Lipinski definition) is 2. The number of nitrogens with one attached hydrogen (secondary N) is 2. The molecule has 16 heavy (non-hydrogen) atoms. The number of aromatic nitrogens is 1. The molecule has 1 aromatic heterocycles. The molecule has 86 valence electrons. The molecule has 2 N–H and O–H groups in total. The topological polar surface area (TPSA) is 54.0 Å². The number of urea groups is 1. The molecule has 0 spiro atoms. The maximum Gasteiger partial charge on any atom is 0.324 e. The average Bonchev–Trinajstić information content (AvgIpc) is 2.29. The number of hydrogen-bond acceptors (Lipinski definition) is 2. The van der Waals surface area contributed by atoms with Crippen LogP contribution in [0.5, 0.6) is 0 Å². The number of halogens is 1. The first-order valence-corrected chi connectivity index (χ1v) is 5.76. The van der Waals surface area contributed by atoms with Gasteiger partial charge in [0.25, 0.3) is 0 Å². The van der Waals surface area contributed by atoms with E-state index in [4.69, 9.17) is 0 Å². The highest BCUT2D eigenvalue weighted by molar-refractivity contribution is 9.10. The molecule has 0 aliphatic rings. The summed E-state index contributed by atoms with van der Waals surface area (Å²) in [5.74, 6) is 0.517. The van der Waals surface area contributed by atoms with E-state index in [0.717, 1.165) is 16.5 Å². The lowest BCUT2D eigenvalue weighted by molar-refractivity contribution is 0.255. The van der Waals surface area contributed by atoms with Crippen molar-refractivity contribution in [3.63, 3.8) is 0 Å². The van der Waals surface area contributed by atoms with Crippen molar-refractivity contribution in [3.05, 3.63) is 34.6 Å². The lowest BCUT2D eigenvalue weighted by Crippen LogP contribution is -2.24. The van der Waals surface area contributed by atoms with Crippen LogP contribution in [0.25, 0.3) is 0 Å². The SMILES string of the molecule is CC/C(C)=C/NC(=O)Nc1ccc(Br)cn1. The molecular formula is C11H14BrN3O. The van der Waals surface area contributed by atoms with Crippen LogP contribution in [0.3, 0.4) is 0 Å². The summed E-state index contributed by atoms with van der Waals surface area (Å²) in [5, 5.41) is 5.25. The third kappa shape index (κ3) is 4.44. The van der Waals surface area contributed by atoms with Crippen LogP contribution >= 0.6 is 15.9 Å². The minimum absolute atomic E-state index is 0.289. The molecule has 0 fully saturated rings. The fourth-order valence-electron chi connectivity index (χ4n) is 0.893. The maximum atomic E-state index is 11.4. The van der Waals surface area contributed by atoms with Gasteiger partial charge in [-0.15, -0.1) is 0 Å². The molecule has 4 nitrogen and oxygen atoms in total. The molecule has 0 saturated carbocycles. The Hall–Kier alpha value is -1.36. The average molecular weight is 284 g/mol. The number of rotatable bonds is 3. The van der Waals surface area contributed by atoms with Crippen molar-refractivity contribution < 1.29 is 4.79 Å². The third-order valence-electron chi connectivity index (χ3n) is 1.98. The Balaban J connectivity index is 2.49. The van der Waals surface area contributed by atoms with Crippen molar-refractivity contribution in [3.8, 4) is 0 Å². The fraction of sp³-hybridized carbons (Fsp3) is 0.273. The van der Waals surface area contributed by atoms with E-state index >= 15 is 0 Å². The van der Waals surface area contributed by atoms with Gasteiger partial charge in [-0.1, -0.05) is 12.5 Å². The Bertz CT molecular complexity index is 387. The van der Waals surface area contributed by atoms with Gasteiger partial charge in [-0.05, 0) is 41.4 Å². The molecule has 1 rings (SSSR count). The van der Waals surface area contributed by atoms with Crippen LogP contribution in [-0.4, -0.2) is 11.0 Å². The van der Waals surface area contributed by atoms with Gasteiger partial charge in [-0.3, -0.25) is 5.32 Å². The summed E-state index contributed by atoms with van der Waals surface area (Å²) in [7, 11) is 0. The number of carbonyl (C=O) groups is 1. The highest BCUT2D eigenvalue weighted by atomic mass is 79.9. The summed E-state index contributed by atoms with van der Waals surface area (Å²) in [6.07, 6.45) is 4.23. The first kappa shape index (κ1) is 12.7. The minimum Gasteiger partial charge on any atom is -0.314 e. The Kier molecular flexibility index (Phi) is 4.98. The monoisotopic (exact) mass is 283 g/mol. The number of anilines is 1. The van der Waals surface area contributed by atoms with E-state index in [1.807, 2.05) is 19.9 Å². The van der Waals surface area contributed by atoms with Crippen molar-refractivity contribution in [1.82, 2.24) is 10.3 Å². The van der Waals surface area contributed by atoms with Crippen LogP contribution in [0.1, 0.15) is 20.3 Å². The molecule has 0 atom stereocenters. The molecule has 0 radical (unpaired) electrons. The van der Waals surface area contributed by atoms with Gasteiger partial charge in [0.15, 0.2) is 0 Å². The van der Waals surface area contributed by atoms with Crippen LogP contribution < -0.4 is 10.6 Å². The van der Waals surface area contributed by atoms with Crippen LogP contribution in [0.2, 0.25) is 0 Å². The molecule has 0 unspecified atom stereocenters. The fourth-order valence-corrected chi connectivity index (χ4v) is 1.13. The zero-order valence-electron chi connectivity index (χ0n) is 9.25. The zero-order chi connectivity index (χ0) is 12.0. The lowest BCUT2D eigenvalue weighted by Gasteiger charge is -2.04. The minimum atomic E-state index is -0.289. The summed E-state index contributed by atoms with van der Waals surface area (Å²) in [6.45, 7) is 3.99. The Morgan fingerprint density at radius 3 is 2.88 bits per heavy atom. The van der Waals surface area contributed by atoms with Crippen LogP contribution in [0, 0.1) is 0 Å². The van der Waals surface area contributed by atoms with Crippen molar-refractivity contribution in [2.24, 2.45) is 0 Å². The first-order chi connectivity index (χ1) is 7.61. The number of pyridine rings is 1.